The quantitative estimate of drug-likeness (QED) is 0.454. The fourth-order valence-corrected chi connectivity index (χ4v) is 4.61. The minimum atomic E-state index is 0.0895. The predicted molar refractivity (Wildman–Crippen MR) is 127 cm³/mol. The van der Waals surface area contributed by atoms with E-state index in [9.17, 15) is 5.11 Å². The Kier molecular flexibility index (Phi) is 6.12. The summed E-state index contributed by atoms with van der Waals surface area (Å²) in [6.07, 6.45) is 5.55. The molecule has 180 valence electrons. The second-order valence-corrected chi connectivity index (χ2v) is 8.25. The average molecular weight is 468 g/mol. The van der Waals surface area contributed by atoms with Crippen molar-refractivity contribution in [3.63, 3.8) is 0 Å². The van der Waals surface area contributed by atoms with Crippen LogP contribution < -0.4 is 29.7 Å². The normalized spacial score (nSPS) is 17.1. The van der Waals surface area contributed by atoms with Crippen LogP contribution in [-0.2, 0) is 13.1 Å². The minimum Gasteiger partial charge on any atom is -0.493 e. The number of aliphatic hydroxyl groups is 1. The maximum absolute atomic E-state index is 9.81. The van der Waals surface area contributed by atoms with Crippen molar-refractivity contribution in [2.24, 2.45) is 0 Å². The molecular formula is C23H29N7O4. The Morgan fingerprint density at radius 3 is 2.62 bits per heavy atom. The topological polar surface area (TPSA) is 119 Å². The van der Waals surface area contributed by atoms with E-state index in [1.165, 1.54) is 0 Å². The van der Waals surface area contributed by atoms with Crippen LogP contribution >= 0.6 is 0 Å². The first-order valence-corrected chi connectivity index (χ1v) is 11.2. The molecule has 2 aliphatic rings. The van der Waals surface area contributed by atoms with Gasteiger partial charge in [-0.2, -0.15) is 4.98 Å². The van der Waals surface area contributed by atoms with Crippen LogP contribution in [0, 0.1) is 0 Å². The number of nitrogens with one attached hydrogen (secondary N) is 2. The number of hydrogen-bond donors (Lipinski definition) is 3. The van der Waals surface area contributed by atoms with Gasteiger partial charge < -0.3 is 39.4 Å². The maximum Gasteiger partial charge on any atom is 0.230 e. The number of rotatable bonds is 8. The van der Waals surface area contributed by atoms with Crippen molar-refractivity contribution in [2.75, 3.05) is 44.7 Å². The molecule has 0 bridgehead atoms. The highest BCUT2D eigenvalue weighted by Gasteiger charge is 2.30. The highest BCUT2D eigenvalue weighted by Crippen LogP contribution is 2.39. The Hall–Kier alpha value is -3.57. The molecule has 1 atom stereocenters. The van der Waals surface area contributed by atoms with Gasteiger partial charge in [-0.3, -0.25) is 0 Å². The van der Waals surface area contributed by atoms with E-state index in [4.69, 9.17) is 24.2 Å². The van der Waals surface area contributed by atoms with Crippen LogP contribution in [0.25, 0.3) is 5.69 Å². The molecule has 3 N–H and O–H groups in total. The Bertz CT molecular complexity index is 1160. The number of aromatic nitrogens is 4. The zero-order valence-electron chi connectivity index (χ0n) is 19.5. The fourth-order valence-electron chi connectivity index (χ4n) is 4.61. The van der Waals surface area contributed by atoms with Crippen LogP contribution in [0.5, 0.6) is 17.2 Å². The number of fused-ring (bicyclic) bond motifs is 1. The summed E-state index contributed by atoms with van der Waals surface area (Å²) in [6.45, 7) is 2.42. The zero-order chi connectivity index (χ0) is 23.7. The molecule has 2 aliphatic heterocycles. The molecule has 0 amide bonds. The molecule has 4 heterocycles. The van der Waals surface area contributed by atoms with Gasteiger partial charge in [0.15, 0.2) is 17.3 Å². The Balaban J connectivity index is 1.44. The molecule has 0 aliphatic carbocycles. The summed E-state index contributed by atoms with van der Waals surface area (Å²) in [5, 5.41) is 16.4. The number of methoxy groups -OCH3 is 3. The van der Waals surface area contributed by atoms with Gasteiger partial charge in [0.2, 0.25) is 11.7 Å². The summed E-state index contributed by atoms with van der Waals surface area (Å²) in [5.41, 5.74) is 2.88. The average Bonchev–Trinajstić information content (AvgIpc) is 3.63. The second kappa shape index (κ2) is 9.35. The van der Waals surface area contributed by atoms with Crippen LogP contribution in [0.4, 0.5) is 17.6 Å². The van der Waals surface area contributed by atoms with E-state index >= 15 is 0 Å². The number of anilines is 3. The lowest BCUT2D eigenvalue weighted by atomic mass is 10.2. The molecule has 0 spiro atoms. The molecular weight excluding hydrogens is 438 g/mol. The lowest BCUT2D eigenvalue weighted by Gasteiger charge is -2.26. The predicted octanol–water partition coefficient (Wildman–Crippen LogP) is 2.00. The molecule has 1 aromatic carbocycles. The lowest BCUT2D eigenvalue weighted by Crippen LogP contribution is -2.34. The Labute approximate surface area is 197 Å². The van der Waals surface area contributed by atoms with E-state index in [1.54, 1.807) is 27.7 Å². The monoisotopic (exact) mass is 467 g/mol. The summed E-state index contributed by atoms with van der Waals surface area (Å²) in [7, 11) is 4.74. The smallest absolute Gasteiger partial charge is 0.230 e. The van der Waals surface area contributed by atoms with E-state index < -0.39 is 0 Å². The van der Waals surface area contributed by atoms with Crippen LogP contribution in [0.1, 0.15) is 24.1 Å². The largest absolute Gasteiger partial charge is 0.493 e. The molecule has 1 fully saturated rings. The highest BCUT2D eigenvalue weighted by molar-refractivity contribution is 5.60. The van der Waals surface area contributed by atoms with Crippen molar-refractivity contribution in [3.8, 4) is 22.9 Å². The highest BCUT2D eigenvalue weighted by atomic mass is 16.5. The molecule has 1 saturated heterocycles. The van der Waals surface area contributed by atoms with Gasteiger partial charge in [0, 0.05) is 37.3 Å². The lowest BCUT2D eigenvalue weighted by molar-refractivity contribution is 0.266. The van der Waals surface area contributed by atoms with Crippen LogP contribution in [0.3, 0.4) is 0 Å². The second-order valence-electron chi connectivity index (χ2n) is 8.25. The standard InChI is InChI=1S/C23H29N7O4/c1-32-18-7-15(8-19(33-2)21(18)34-3)29-11-20(25-13-29)27-23-26-17-10-24-9-16(17)22(28-23)30-6-4-5-14(30)12-31/h7-8,11,13-14,24,31H,4-6,9-10,12H2,1-3H3,(H,26,27,28)/t14-/m0/s1. The first kappa shape index (κ1) is 22.2. The maximum atomic E-state index is 9.81. The molecule has 5 rings (SSSR count). The van der Waals surface area contributed by atoms with Gasteiger partial charge in [-0.15, -0.1) is 0 Å². The summed E-state index contributed by atoms with van der Waals surface area (Å²) in [6, 6.07) is 3.79. The molecule has 0 saturated carbocycles. The van der Waals surface area contributed by atoms with Crippen LogP contribution in [-0.4, -0.2) is 65.1 Å². The number of hydrogen-bond acceptors (Lipinski definition) is 10. The zero-order valence-corrected chi connectivity index (χ0v) is 19.5. The molecule has 11 nitrogen and oxygen atoms in total. The van der Waals surface area contributed by atoms with E-state index in [0.29, 0.717) is 35.6 Å². The van der Waals surface area contributed by atoms with Crippen LogP contribution in [0.2, 0.25) is 0 Å². The molecule has 3 aromatic rings. The summed E-state index contributed by atoms with van der Waals surface area (Å²) >= 11 is 0. The van der Waals surface area contributed by atoms with Gasteiger partial charge >= 0.3 is 0 Å². The molecule has 0 unspecified atom stereocenters. The first-order chi connectivity index (χ1) is 16.6. The first-order valence-electron chi connectivity index (χ1n) is 11.2. The third kappa shape index (κ3) is 3.97. The summed E-state index contributed by atoms with van der Waals surface area (Å²) in [5.74, 6) is 3.62. The van der Waals surface area contributed by atoms with Gasteiger partial charge in [-0.25, -0.2) is 9.97 Å². The van der Waals surface area contributed by atoms with Crippen molar-refractivity contribution in [1.82, 2.24) is 24.8 Å². The van der Waals surface area contributed by atoms with E-state index in [0.717, 1.165) is 48.7 Å². The summed E-state index contributed by atoms with van der Waals surface area (Å²) < 4.78 is 18.2. The number of benzene rings is 1. The number of ether oxygens (including phenoxy) is 3. The molecule has 2 aromatic heterocycles. The third-order valence-electron chi connectivity index (χ3n) is 6.30. The van der Waals surface area contributed by atoms with E-state index in [-0.39, 0.29) is 12.6 Å². The summed E-state index contributed by atoms with van der Waals surface area (Å²) in [4.78, 5) is 16.2. The fraction of sp³-hybridized carbons (Fsp3) is 0.435. The Morgan fingerprint density at radius 2 is 1.91 bits per heavy atom. The van der Waals surface area contributed by atoms with Crippen LogP contribution in [0.15, 0.2) is 24.7 Å². The third-order valence-corrected chi connectivity index (χ3v) is 6.30. The van der Waals surface area contributed by atoms with Gasteiger partial charge in [-0.1, -0.05) is 0 Å². The van der Waals surface area contributed by atoms with Gasteiger partial charge in [0.05, 0.1) is 51.6 Å². The van der Waals surface area contributed by atoms with Crippen molar-refractivity contribution in [2.45, 2.75) is 32.0 Å². The van der Waals surface area contributed by atoms with E-state index in [2.05, 4.69) is 20.5 Å². The Morgan fingerprint density at radius 1 is 1.12 bits per heavy atom. The number of aliphatic hydroxyl groups excluding tert-OH is 1. The van der Waals surface area contributed by atoms with Gasteiger partial charge in [0.1, 0.15) is 12.1 Å². The number of imidazole rings is 1. The molecule has 0 radical (unpaired) electrons. The van der Waals surface area contributed by atoms with Crippen molar-refractivity contribution in [1.29, 1.82) is 0 Å². The number of nitrogens with zero attached hydrogens (tertiary/aromatic N) is 5. The molecule has 34 heavy (non-hydrogen) atoms. The van der Waals surface area contributed by atoms with Crippen molar-refractivity contribution < 1.29 is 19.3 Å². The SMILES string of the molecule is COc1cc(-n2cnc(Nc3nc4c(c(N5CCC[C@H]5CO)n3)CNC4)c2)cc(OC)c1OC. The molecule has 11 heteroatoms. The van der Waals surface area contributed by atoms with Gasteiger partial charge in [0.25, 0.3) is 0 Å². The van der Waals surface area contributed by atoms with Crippen molar-refractivity contribution in [3.05, 3.63) is 35.9 Å². The van der Waals surface area contributed by atoms with Crippen molar-refractivity contribution >= 4 is 17.6 Å². The van der Waals surface area contributed by atoms with E-state index in [1.807, 2.05) is 22.9 Å². The van der Waals surface area contributed by atoms with Gasteiger partial charge in [-0.05, 0) is 12.8 Å². The minimum absolute atomic E-state index is 0.0895.